The Morgan fingerprint density at radius 1 is 1.35 bits per heavy atom. The van der Waals surface area contributed by atoms with Crippen LogP contribution < -0.4 is 5.32 Å². The number of thioether (sulfide) groups is 1. The highest BCUT2D eigenvalue weighted by Crippen LogP contribution is 2.29. The van der Waals surface area contributed by atoms with Crippen LogP contribution in [0.4, 0.5) is 5.82 Å². The van der Waals surface area contributed by atoms with Gasteiger partial charge in [-0.2, -0.15) is 5.10 Å². The molecule has 0 aromatic carbocycles. The molecule has 0 fully saturated rings. The lowest BCUT2D eigenvalue weighted by Crippen LogP contribution is -2.00. The van der Waals surface area contributed by atoms with Gasteiger partial charge in [-0.3, -0.25) is 4.68 Å². The summed E-state index contributed by atoms with van der Waals surface area (Å²) < 4.78 is 2.88. The van der Waals surface area contributed by atoms with E-state index in [4.69, 9.17) is 0 Å². The molecule has 0 aliphatic rings. The van der Waals surface area contributed by atoms with Gasteiger partial charge in [0.25, 0.3) is 0 Å². The molecule has 5 nitrogen and oxygen atoms in total. The van der Waals surface area contributed by atoms with Crippen LogP contribution in [0.1, 0.15) is 16.3 Å². The van der Waals surface area contributed by atoms with Crippen molar-refractivity contribution in [2.75, 3.05) is 12.4 Å². The molecule has 0 aliphatic heterocycles. The van der Waals surface area contributed by atoms with E-state index in [9.17, 15) is 0 Å². The molecule has 0 saturated heterocycles. The quantitative estimate of drug-likeness (QED) is 0.863. The van der Waals surface area contributed by atoms with Crippen LogP contribution in [0.2, 0.25) is 0 Å². The second kappa shape index (κ2) is 5.05. The summed E-state index contributed by atoms with van der Waals surface area (Å²) in [5, 5.41) is 16.7. The summed E-state index contributed by atoms with van der Waals surface area (Å²) in [4.78, 5) is 0. The Labute approximate surface area is 109 Å². The molecule has 0 amide bonds. The zero-order valence-electron chi connectivity index (χ0n) is 10.3. The highest BCUT2D eigenvalue weighted by molar-refractivity contribution is 8.00. The first-order valence-electron chi connectivity index (χ1n) is 5.25. The van der Waals surface area contributed by atoms with Gasteiger partial charge in [-0.1, -0.05) is 23.1 Å². The Bertz CT molecular complexity index is 517. The van der Waals surface area contributed by atoms with Gasteiger partial charge in [0.15, 0.2) is 4.34 Å². The van der Waals surface area contributed by atoms with Crippen molar-refractivity contribution in [3.05, 3.63) is 16.3 Å². The number of aryl methyl sites for hydroxylation is 3. The molecule has 7 heteroatoms. The zero-order chi connectivity index (χ0) is 12.4. The van der Waals surface area contributed by atoms with E-state index in [1.165, 1.54) is 5.56 Å². The summed E-state index contributed by atoms with van der Waals surface area (Å²) in [5.74, 6) is 1.93. The predicted octanol–water partition coefficient (Wildman–Crippen LogP) is 2.22. The maximum Gasteiger partial charge on any atom is 0.174 e. The number of rotatable bonds is 4. The molecule has 0 radical (unpaired) electrons. The third kappa shape index (κ3) is 2.61. The number of hydrogen-bond acceptors (Lipinski definition) is 6. The zero-order valence-corrected chi connectivity index (χ0v) is 11.9. The molecular formula is C10H15N5S2. The van der Waals surface area contributed by atoms with E-state index < -0.39 is 0 Å². The summed E-state index contributed by atoms with van der Waals surface area (Å²) in [7, 11) is 3.86. The highest BCUT2D eigenvalue weighted by atomic mass is 32.2. The van der Waals surface area contributed by atoms with Crippen molar-refractivity contribution in [2.45, 2.75) is 23.9 Å². The maximum atomic E-state index is 4.41. The predicted molar refractivity (Wildman–Crippen MR) is 71.7 cm³/mol. The van der Waals surface area contributed by atoms with Crippen LogP contribution >= 0.6 is 23.1 Å². The van der Waals surface area contributed by atoms with Crippen molar-refractivity contribution >= 4 is 28.9 Å². The van der Waals surface area contributed by atoms with Crippen LogP contribution in [0, 0.1) is 13.8 Å². The molecule has 2 aromatic heterocycles. The Kier molecular flexibility index (Phi) is 3.68. The van der Waals surface area contributed by atoms with Crippen LogP contribution in [0.5, 0.6) is 0 Å². The molecule has 1 N–H and O–H groups in total. The van der Waals surface area contributed by atoms with Crippen LogP contribution in [0.3, 0.4) is 0 Å². The smallest absolute Gasteiger partial charge is 0.174 e. The fourth-order valence-corrected chi connectivity index (χ4v) is 3.56. The largest absolute Gasteiger partial charge is 0.373 e. The molecule has 0 bridgehead atoms. The van der Waals surface area contributed by atoms with Gasteiger partial charge in [-0.25, -0.2) is 0 Å². The lowest BCUT2D eigenvalue weighted by atomic mass is 10.3. The normalized spacial score (nSPS) is 10.8. The Morgan fingerprint density at radius 2 is 2.12 bits per heavy atom. The van der Waals surface area contributed by atoms with Crippen LogP contribution in [0.15, 0.2) is 4.34 Å². The summed E-state index contributed by atoms with van der Waals surface area (Å²) in [6.07, 6.45) is 0. The third-order valence-corrected chi connectivity index (χ3v) is 4.43. The molecule has 0 atom stereocenters. The molecule has 0 saturated carbocycles. The van der Waals surface area contributed by atoms with Gasteiger partial charge in [0.05, 0.1) is 5.69 Å². The van der Waals surface area contributed by atoms with E-state index in [2.05, 4.69) is 20.6 Å². The average molecular weight is 269 g/mol. The van der Waals surface area contributed by atoms with Crippen molar-refractivity contribution in [2.24, 2.45) is 7.05 Å². The number of aromatic nitrogens is 4. The van der Waals surface area contributed by atoms with Gasteiger partial charge in [-0.15, -0.1) is 10.2 Å². The Hall–Kier alpha value is -1.08. The minimum absolute atomic E-state index is 0.866. The van der Waals surface area contributed by atoms with Gasteiger partial charge < -0.3 is 5.32 Å². The number of anilines is 1. The molecule has 0 aliphatic carbocycles. The van der Waals surface area contributed by atoms with Gasteiger partial charge in [0.2, 0.25) is 0 Å². The van der Waals surface area contributed by atoms with Crippen molar-refractivity contribution in [3.8, 4) is 0 Å². The number of nitrogens with zero attached hydrogens (tertiary/aromatic N) is 4. The average Bonchev–Trinajstić information content (AvgIpc) is 2.80. The van der Waals surface area contributed by atoms with E-state index in [0.717, 1.165) is 26.6 Å². The fraction of sp³-hybridized carbons (Fsp3) is 0.500. The fourth-order valence-electron chi connectivity index (χ4n) is 1.66. The minimum atomic E-state index is 0.866. The number of nitrogens with one attached hydrogen (secondary N) is 1. The molecule has 2 aromatic rings. The van der Waals surface area contributed by atoms with E-state index in [-0.39, 0.29) is 0 Å². The van der Waals surface area contributed by atoms with E-state index in [1.54, 1.807) is 23.1 Å². The van der Waals surface area contributed by atoms with E-state index in [1.807, 2.05) is 32.6 Å². The van der Waals surface area contributed by atoms with Crippen LogP contribution in [0.25, 0.3) is 0 Å². The van der Waals surface area contributed by atoms with Crippen molar-refractivity contribution in [1.29, 1.82) is 0 Å². The first-order valence-corrected chi connectivity index (χ1v) is 7.05. The molecule has 0 spiro atoms. The topological polar surface area (TPSA) is 55.6 Å². The van der Waals surface area contributed by atoms with Gasteiger partial charge in [0, 0.05) is 25.4 Å². The third-order valence-electron chi connectivity index (χ3n) is 2.43. The lowest BCUT2D eigenvalue weighted by molar-refractivity contribution is 0.763. The molecule has 92 valence electrons. The molecule has 2 heterocycles. The van der Waals surface area contributed by atoms with Crippen molar-refractivity contribution in [3.63, 3.8) is 0 Å². The molecule has 17 heavy (non-hydrogen) atoms. The number of hydrogen-bond donors (Lipinski definition) is 1. The summed E-state index contributed by atoms with van der Waals surface area (Å²) >= 11 is 3.33. The lowest BCUT2D eigenvalue weighted by Gasteiger charge is -2.04. The highest BCUT2D eigenvalue weighted by Gasteiger charge is 2.13. The maximum absolute atomic E-state index is 4.41. The summed E-state index contributed by atoms with van der Waals surface area (Å²) in [6.45, 7) is 4.00. The van der Waals surface area contributed by atoms with Gasteiger partial charge >= 0.3 is 0 Å². The molecular weight excluding hydrogens is 254 g/mol. The standard InChI is InChI=1S/C10H15N5S2/c1-6-8(9(11-3)15(4)14-6)5-16-10-13-12-7(2)17-10/h11H,5H2,1-4H3. The second-order valence-electron chi connectivity index (χ2n) is 3.66. The van der Waals surface area contributed by atoms with E-state index in [0.29, 0.717) is 0 Å². The van der Waals surface area contributed by atoms with Gasteiger partial charge in [-0.05, 0) is 13.8 Å². The first-order chi connectivity index (χ1) is 8.11. The second-order valence-corrected chi connectivity index (χ2v) is 6.07. The Morgan fingerprint density at radius 3 is 2.71 bits per heavy atom. The van der Waals surface area contributed by atoms with Gasteiger partial charge in [0.1, 0.15) is 10.8 Å². The van der Waals surface area contributed by atoms with Crippen molar-refractivity contribution < 1.29 is 0 Å². The Balaban J connectivity index is 2.13. The first kappa shape index (κ1) is 12.4. The SMILES string of the molecule is CNc1c(CSc2nnc(C)s2)c(C)nn1C. The summed E-state index contributed by atoms with van der Waals surface area (Å²) in [6, 6.07) is 0. The monoisotopic (exact) mass is 269 g/mol. The van der Waals surface area contributed by atoms with Crippen LogP contribution in [-0.2, 0) is 12.8 Å². The molecule has 2 rings (SSSR count). The molecule has 0 unspecified atom stereocenters. The minimum Gasteiger partial charge on any atom is -0.373 e. The van der Waals surface area contributed by atoms with Crippen molar-refractivity contribution in [1.82, 2.24) is 20.0 Å². The summed E-state index contributed by atoms with van der Waals surface area (Å²) in [5.41, 5.74) is 2.29. The van der Waals surface area contributed by atoms with Crippen LogP contribution in [-0.4, -0.2) is 27.0 Å². The van der Waals surface area contributed by atoms with E-state index >= 15 is 0 Å².